The topological polar surface area (TPSA) is 105 Å². The Bertz CT molecular complexity index is 608. The number of aromatic nitrogens is 2. The summed E-state index contributed by atoms with van der Waals surface area (Å²) in [6.07, 6.45) is -0.765. The molecule has 0 aromatic carbocycles. The number of aliphatic hydroxyl groups is 2. The summed E-state index contributed by atoms with van der Waals surface area (Å²) in [6, 6.07) is 0. The molecule has 1 fully saturated rings. The zero-order valence-corrected chi connectivity index (χ0v) is 12.0. The molecule has 3 atom stereocenters. The van der Waals surface area contributed by atoms with Gasteiger partial charge in [0.15, 0.2) is 0 Å². The van der Waals surface area contributed by atoms with Gasteiger partial charge in [0.05, 0.1) is 18.3 Å². The van der Waals surface area contributed by atoms with Crippen molar-refractivity contribution in [1.29, 1.82) is 0 Å². The molecule has 0 amide bonds. The van der Waals surface area contributed by atoms with Gasteiger partial charge in [-0.2, -0.15) is 0 Å². The van der Waals surface area contributed by atoms with Gasteiger partial charge in [-0.25, -0.2) is 4.79 Å². The van der Waals surface area contributed by atoms with E-state index < -0.39 is 29.7 Å². The number of hydrogen-bond donors (Lipinski definition) is 3. The standard InChI is InChI=1S/C11H13IN2O5/c1-5(12)6-3-14(11(18)13-10(6)17)9-2-7(16)8(4-15)19-9/h3,7-9,15-16H,1-2,4H2,(H,13,17,18)/t7-,8+,9+/m1/s1. The van der Waals surface area contributed by atoms with Gasteiger partial charge in [0.2, 0.25) is 0 Å². The Balaban J connectivity index is 2.41. The first-order valence-corrected chi connectivity index (χ1v) is 6.66. The van der Waals surface area contributed by atoms with Gasteiger partial charge in [-0.05, 0) is 22.6 Å². The van der Waals surface area contributed by atoms with Gasteiger partial charge < -0.3 is 14.9 Å². The van der Waals surface area contributed by atoms with Gasteiger partial charge in [0, 0.05) is 16.2 Å². The number of halogens is 1. The lowest BCUT2D eigenvalue weighted by atomic mass is 10.2. The molecule has 7 nitrogen and oxygen atoms in total. The van der Waals surface area contributed by atoms with Gasteiger partial charge >= 0.3 is 5.69 Å². The van der Waals surface area contributed by atoms with E-state index >= 15 is 0 Å². The van der Waals surface area contributed by atoms with Crippen molar-refractivity contribution in [2.75, 3.05) is 6.61 Å². The Hall–Kier alpha value is -0.970. The number of H-pyrrole nitrogens is 1. The number of aliphatic hydroxyl groups excluding tert-OH is 2. The number of nitrogens with zero attached hydrogens (tertiary/aromatic N) is 1. The Morgan fingerprint density at radius 3 is 2.84 bits per heavy atom. The fraction of sp³-hybridized carbons (Fsp3) is 0.455. The predicted molar refractivity (Wildman–Crippen MR) is 76.0 cm³/mol. The molecule has 2 rings (SSSR count). The molecule has 8 heteroatoms. The van der Waals surface area contributed by atoms with E-state index in [-0.39, 0.29) is 18.6 Å². The molecule has 2 heterocycles. The molecular formula is C11H13IN2O5. The van der Waals surface area contributed by atoms with Crippen LogP contribution in [0.3, 0.4) is 0 Å². The third-order valence-corrected chi connectivity index (χ3v) is 3.54. The van der Waals surface area contributed by atoms with Gasteiger partial charge in [0.1, 0.15) is 12.3 Å². The normalized spacial score (nSPS) is 26.6. The number of nitrogens with one attached hydrogen (secondary N) is 1. The van der Waals surface area contributed by atoms with Crippen LogP contribution in [0.1, 0.15) is 18.2 Å². The fourth-order valence-corrected chi connectivity index (χ4v) is 2.33. The van der Waals surface area contributed by atoms with Crippen LogP contribution in [-0.2, 0) is 4.74 Å². The molecule has 0 spiro atoms. The summed E-state index contributed by atoms with van der Waals surface area (Å²) in [6.45, 7) is 3.32. The number of aromatic amines is 1. The molecule has 3 N–H and O–H groups in total. The second-order valence-electron chi connectivity index (χ2n) is 4.23. The summed E-state index contributed by atoms with van der Waals surface area (Å²) in [5.41, 5.74) is -0.870. The fourth-order valence-electron chi connectivity index (χ4n) is 1.94. The minimum Gasteiger partial charge on any atom is -0.394 e. The van der Waals surface area contributed by atoms with Crippen molar-refractivity contribution in [3.8, 4) is 0 Å². The van der Waals surface area contributed by atoms with Crippen molar-refractivity contribution in [2.45, 2.75) is 24.9 Å². The zero-order valence-electron chi connectivity index (χ0n) is 9.88. The molecule has 19 heavy (non-hydrogen) atoms. The highest BCUT2D eigenvalue weighted by atomic mass is 127. The average molecular weight is 380 g/mol. The third-order valence-electron chi connectivity index (χ3n) is 2.95. The third kappa shape index (κ3) is 2.81. The molecule has 0 saturated carbocycles. The van der Waals surface area contributed by atoms with Crippen LogP contribution in [-0.4, -0.2) is 38.6 Å². The van der Waals surface area contributed by atoms with E-state index in [1.165, 1.54) is 10.8 Å². The lowest BCUT2D eigenvalue weighted by Gasteiger charge is -2.15. The molecular weight excluding hydrogens is 367 g/mol. The highest BCUT2D eigenvalue weighted by molar-refractivity contribution is 14.1. The minimum atomic E-state index is -0.847. The van der Waals surface area contributed by atoms with Crippen LogP contribution in [0.4, 0.5) is 0 Å². The molecule has 0 unspecified atom stereocenters. The first-order chi connectivity index (χ1) is 8.93. The molecule has 0 bridgehead atoms. The summed E-state index contributed by atoms with van der Waals surface area (Å²) < 4.78 is 7.06. The average Bonchev–Trinajstić information content (AvgIpc) is 2.69. The quantitative estimate of drug-likeness (QED) is 0.619. The van der Waals surface area contributed by atoms with Gasteiger partial charge in [-0.1, -0.05) is 6.58 Å². The predicted octanol–water partition coefficient (Wildman–Crippen LogP) is -0.417. The Kier molecular flexibility index (Phi) is 4.23. The lowest BCUT2D eigenvalue weighted by molar-refractivity contribution is -0.0459. The number of rotatable bonds is 3. The van der Waals surface area contributed by atoms with Crippen LogP contribution in [0.2, 0.25) is 0 Å². The van der Waals surface area contributed by atoms with Crippen LogP contribution >= 0.6 is 22.6 Å². The van der Waals surface area contributed by atoms with E-state index in [2.05, 4.69) is 11.6 Å². The van der Waals surface area contributed by atoms with Crippen LogP contribution < -0.4 is 11.2 Å². The largest absolute Gasteiger partial charge is 0.394 e. The highest BCUT2D eigenvalue weighted by Crippen LogP contribution is 2.27. The van der Waals surface area contributed by atoms with Crippen molar-refractivity contribution in [1.82, 2.24) is 9.55 Å². The van der Waals surface area contributed by atoms with E-state index in [0.717, 1.165) is 0 Å². The Labute approximate surface area is 121 Å². The molecule has 0 radical (unpaired) electrons. The first-order valence-electron chi connectivity index (χ1n) is 5.58. The molecule has 0 aliphatic carbocycles. The van der Waals surface area contributed by atoms with Crippen LogP contribution in [0.5, 0.6) is 0 Å². The number of ether oxygens (including phenoxy) is 1. The summed E-state index contributed by atoms with van der Waals surface area (Å²) in [5.74, 6) is 0. The van der Waals surface area contributed by atoms with Crippen LogP contribution in [0.15, 0.2) is 22.4 Å². The van der Waals surface area contributed by atoms with Gasteiger partial charge in [-0.3, -0.25) is 14.3 Å². The van der Waals surface area contributed by atoms with E-state index in [9.17, 15) is 14.7 Å². The maximum atomic E-state index is 11.8. The van der Waals surface area contributed by atoms with Gasteiger partial charge in [-0.15, -0.1) is 0 Å². The molecule has 104 valence electrons. The van der Waals surface area contributed by atoms with E-state index in [1.54, 1.807) is 0 Å². The minimum absolute atomic E-state index is 0.171. The van der Waals surface area contributed by atoms with Crippen molar-refractivity contribution in [3.05, 3.63) is 39.2 Å². The number of hydrogen-bond acceptors (Lipinski definition) is 5. The Morgan fingerprint density at radius 1 is 1.63 bits per heavy atom. The molecule has 1 saturated heterocycles. The summed E-state index contributed by atoms with van der Waals surface area (Å²) >= 11 is 1.88. The van der Waals surface area contributed by atoms with Crippen molar-refractivity contribution in [3.63, 3.8) is 0 Å². The maximum Gasteiger partial charge on any atom is 0.330 e. The first kappa shape index (κ1) is 14.4. The summed E-state index contributed by atoms with van der Waals surface area (Å²) in [4.78, 5) is 25.5. The Morgan fingerprint density at radius 2 is 2.32 bits per heavy atom. The lowest BCUT2D eigenvalue weighted by Crippen LogP contribution is -2.33. The molecule has 1 aliphatic rings. The van der Waals surface area contributed by atoms with Crippen LogP contribution in [0.25, 0.3) is 3.58 Å². The second kappa shape index (κ2) is 5.57. The monoisotopic (exact) mass is 380 g/mol. The summed E-state index contributed by atoms with van der Waals surface area (Å²) in [7, 11) is 0. The van der Waals surface area contributed by atoms with Crippen LogP contribution in [0, 0.1) is 0 Å². The van der Waals surface area contributed by atoms with Crippen molar-refractivity contribution < 1.29 is 14.9 Å². The SMILES string of the molecule is C=C(I)c1cn([C@@H]2C[C@@H](O)[C@H](CO)O2)c(=O)[nH]c1=O. The molecule has 1 aliphatic heterocycles. The maximum absolute atomic E-state index is 11.8. The smallest absolute Gasteiger partial charge is 0.330 e. The van der Waals surface area contributed by atoms with E-state index in [4.69, 9.17) is 9.84 Å². The van der Waals surface area contributed by atoms with Gasteiger partial charge in [0.25, 0.3) is 5.56 Å². The molecule has 1 aromatic rings. The van der Waals surface area contributed by atoms with E-state index in [1.807, 2.05) is 22.6 Å². The zero-order chi connectivity index (χ0) is 14.2. The summed E-state index contributed by atoms with van der Waals surface area (Å²) in [5, 5.41) is 18.7. The van der Waals surface area contributed by atoms with E-state index in [0.29, 0.717) is 3.58 Å². The van der Waals surface area contributed by atoms with Crippen molar-refractivity contribution in [2.24, 2.45) is 0 Å². The molecule has 1 aromatic heterocycles. The highest BCUT2D eigenvalue weighted by Gasteiger charge is 2.35. The van der Waals surface area contributed by atoms with Crippen molar-refractivity contribution >= 4 is 26.2 Å². The second-order valence-corrected chi connectivity index (χ2v) is 5.53.